The number of hydrogen-bond donors (Lipinski definition) is 3. The summed E-state index contributed by atoms with van der Waals surface area (Å²) in [4.78, 5) is 39.4. The molecule has 0 radical (unpaired) electrons. The van der Waals surface area contributed by atoms with Crippen molar-refractivity contribution in [3.05, 3.63) is 48.3 Å². The molecule has 9 nitrogen and oxygen atoms in total. The third-order valence-corrected chi connectivity index (χ3v) is 6.78. The molecule has 1 aliphatic rings. The molecule has 4 rings (SSSR count). The van der Waals surface area contributed by atoms with E-state index in [1.807, 2.05) is 42.2 Å². The number of rotatable bonds is 8. The quantitative estimate of drug-likeness (QED) is 0.458. The summed E-state index contributed by atoms with van der Waals surface area (Å²) in [5, 5.41) is 13.2. The summed E-state index contributed by atoms with van der Waals surface area (Å²) in [5.41, 5.74) is 7.36. The fourth-order valence-corrected chi connectivity index (χ4v) is 5.01. The number of aliphatic carboxylic acids is 1. The minimum Gasteiger partial charge on any atom is -0.481 e. The van der Waals surface area contributed by atoms with Gasteiger partial charge in [0.25, 0.3) is 0 Å². The van der Waals surface area contributed by atoms with Crippen molar-refractivity contribution in [3.8, 4) is 10.6 Å². The third-order valence-electron chi connectivity index (χ3n) is 5.73. The van der Waals surface area contributed by atoms with E-state index in [9.17, 15) is 14.7 Å². The molecule has 4 N–H and O–H groups in total. The maximum absolute atomic E-state index is 11.8. The fourth-order valence-electron chi connectivity index (χ4n) is 4.05. The van der Waals surface area contributed by atoms with Gasteiger partial charge in [0.05, 0.1) is 23.0 Å². The van der Waals surface area contributed by atoms with Crippen LogP contribution >= 0.6 is 11.3 Å². The van der Waals surface area contributed by atoms with Gasteiger partial charge in [0.2, 0.25) is 5.91 Å². The van der Waals surface area contributed by atoms with E-state index >= 15 is 0 Å². The second-order valence-corrected chi connectivity index (χ2v) is 9.21. The molecular formula is C23H26N6O3S. The molecular weight excluding hydrogens is 440 g/mol. The second kappa shape index (κ2) is 9.95. The minimum atomic E-state index is -0.758. The zero-order valence-corrected chi connectivity index (χ0v) is 19.1. The highest BCUT2D eigenvalue weighted by Crippen LogP contribution is 2.35. The number of aryl methyl sites for hydroxylation is 1. The number of nitrogens with zero attached hydrogens (tertiary/aromatic N) is 4. The first-order valence-electron chi connectivity index (χ1n) is 10.8. The van der Waals surface area contributed by atoms with E-state index in [0.29, 0.717) is 42.5 Å². The number of pyridine rings is 2. The molecule has 0 bridgehead atoms. The molecule has 3 aromatic rings. The molecule has 3 aromatic heterocycles. The molecule has 1 amide bonds. The van der Waals surface area contributed by atoms with Gasteiger partial charge in [-0.15, -0.1) is 0 Å². The molecule has 0 atom stereocenters. The summed E-state index contributed by atoms with van der Waals surface area (Å²) in [6, 6.07) is 9.59. The molecule has 0 aliphatic heterocycles. The van der Waals surface area contributed by atoms with Crippen molar-refractivity contribution in [1.82, 2.24) is 15.0 Å². The molecule has 0 spiro atoms. The Morgan fingerprint density at radius 3 is 2.67 bits per heavy atom. The first-order chi connectivity index (χ1) is 15.9. The number of carbonyl (C=O) groups is 2. The number of carbonyl (C=O) groups excluding carboxylic acids is 1. The number of carboxylic acid groups (broad SMARTS) is 1. The monoisotopic (exact) mass is 466 g/mol. The lowest BCUT2D eigenvalue weighted by Gasteiger charge is -2.35. The molecule has 1 fully saturated rings. The Morgan fingerprint density at radius 1 is 1.18 bits per heavy atom. The Morgan fingerprint density at radius 2 is 1.97 bits per heavy atom. The average Bonchev–Trinajstić information content (AvgIpc) is 3.28. The van der Waals surface area contributed by atoms with Crippen LogP contribution in [0.3, 0.4) is 0 Å². The summed E-state index contributed by atoms with van der Waals surface area (Å²) in [7, 11) is 0. The van der Waals surface area contributed by atoms with Gasteiger partial charge in [-0.25, -0.2) is 15.0 Å². The van der Waals surface area contributed by atoms with Crippen LogP contribution in [0, 0.1) is 12.8 Å². The Kier molecular flexibility index (Phi) is 6.83. The third kappa shape index (κ3) is 5.64. The van der Waals surface area contributed by atoms with Crippen molar-refractivity contribution in [2.75, 3.05) is 16.8 Å². The van der Waals surface area contributed by atoms with Crippen LogP contribution < -0.4 is 16.0 Å². The highest BCUT2D eigenvalue weighted by Gasteiger charge is 2.31. The van der Waals surface area contributed by atoms with Crippen LogP contribution in [0.4, 0.5) is 16.8 Å². The van der Waals surface area contributed by atoms with Crippen LogP contribution in [0.25, 0.3) is 10.6 Å². The lowest BCUT2D eigenvalue weighted by molar-refractivity contribution is -0.142. The van der Waals surface area contributed by atoms with E-state index in [1.165, 1.54) is 11.3 Å². The van der Waals surface area contributed by atoms with E-state index < -0.39 is 11.9 Å². The van der Waals surface area contributed by atoms with Crippen LogP contribution in [0.15, 0.2) is 42.7 Å². The van der Waals surface area contributed by atoms with Gasteiger partial charge in [-0.3, -0.25) is 9.59 Å². The van der Waals surface area contributed by atoms with E-state index in [1.54, 1.807) is 12.4 Å². The summed E-state index contributed by atoms with van der Waals surface area (Å²) in [5.74, 6) is -0.143. The Labute approximate surface area is 195 Å². The van der Waals surface area contributed by atoms with Gasteiger partial charge in [0.1, 0.15) is 11.6 Å². The number of hydrogen-bond acceptors (Lipinski definition) is 8. The Hall–Kier alpha value is -3.53. The highest BCUT2D eigenvalue weighted by molar-refractivity contribution is 7.18. The van der Waals surface area contributed by atoms with Crippen LogP contribution in [-0.2, 0) is 9.59 Å². The first kappa shape index (κ1) is 22.7. The molecule has 1 saturated carbocycles. The largest absolute Gasteiger partial charge is 0.481 e. The smallest absolute Gasteiger partial charge is 0.306 e. The Bertz CT molecular complexity index is 1140. The van der Waals surface area contributed by atoms with Crippen molar-refractivity contribution in [2.45, 2.75) is 38.6 Å². The Balaban J connectivity index is 1.52. The van der Waals surface area contributed by atoms with E-state index in [2.05, 4.69) is 20.3 Å². The van der Waals surface area contributed by atoms with Crippen molar-refractivity contribution in [2.24, 2.45) is 11.7 Å². The topological polar surface area (TPSA) is 134 Å². The van der Waals surface area contributed by atoms with Crippen molar-refractivity contribution >= 4 is 40.0 Å². The molecule has 1 aliphatic carbocycles. The second-order valence-electron chi connectivity index (χ2n) is 8.20. The number of primary amides is 1. The first-order valence-corrected chi connectivity index (χ1v) is 11.6. The van der Waals surface area contributed by atoms with Gasteiger partial charge in [0.15, 0.2) is 5.13 Å². The van der Waals surface area contributed by atoms with Gasteiger partial charge < -0.3 is 21.1 Å². The number of nitrogens with one attached hydrogen (secondary N) is 1. The lowest BCUT2D eigenvalue weighted by Crippen LogP contribution is -2.43. The maximum Gasteiger partial charge on any atom is 0.306 e. The number of nitrogens with two attached hydrogens (primary N) is 1. The van der Waals surface area contributed by atoms with Gasteiger partial charge in [0, 0.05) is 18.4 Å². The standard InChI is InChI=1S/C23H26N6O3S/c1-14-9-10-25-21(11-14)28-20-4-2-3-17(27-20)18-12-26-23(33-18)29(13-19(24)30)16-7-5-15(6-8-16)22(31)32/h2-4,9-12,15-16H,5-8,13H2,1H3,(H2,24,30)(H,31,32)(H,25,27,28)/t15-,16-. The zero-order valence-electron chi connectivity index (χ0n) is 18.3. The molecule has 0 unspecified atom stereocenters. The molecule has 10 heteroatoms. The predicted molar refractivity (Wildman–Crippen MR) is 128 cm³/mol. The van der Waals surface area contributed by atoms with Crippen molar-refractivity contribution in [3.63, 3.8) is 0 Å². The molecule has 172 valence electrons. The molecule has 33 heavy (non-hydrogen) atoms. The minimum absolute atomic E-state index is 0.0282. The van der Waals surface area contributed by atoms with Gasteiger partial charge in [-0.2, -0.15) is 0 Å². The predicted octanol–water partition coefficient (Wildman–Crippen LogP) is 3.59. The van der Waals surface area contributed by atoms with Gasteiger partial charge >= 0.3 is 5.97 Å². The number of anilines is 3. The van der Waals surface area contributed by atoms with Crippen molar-refractivity contribution < 1.29 is 14.7 Å². The van der Waals surface area contributed by atoms with Crippen molar-refractivity contribution in [1.29, 1.82) is 0 Å². The number of amides is 1. The molecule has 3 heterocycles. The zero-order chi connectivity index (χ0) is 23.4. The van der Waals surface area contributed by atoms with E-state index in [4.69, 9.17) is 5.73 Å². The molecule has 0 aromatic carbocycles. The highest BCUT2D eigenvalue weighted by atomic mass is 32.1. The van der Waals surface area contributed by atoms with Gasteiger partial charge in [-0.05, 0) is 62.4 Å². The number of aromatic nitrogens is 3. The normalized spacial score (nSPS) is 18.0. The average molecular weight is 467 g/mol. The maximum atomic E-state index is 11.8. The van der Waals surface area contributed by atoms with Crippen LogP contribution in [0.2, 0.25) is 0 Å². The summed E-state index contributed by atoms with van der Waals surface area (Å²) >= 11 is 1.44. The summed E-state index contributed by atoms with van der Waals surface area (Å²) < 4.78 is 0. The van der Waals surface area contributed by atoms with E-state index in [0.717, 1.165) is 16.1 Å². The van der Waals surface area contributed by atoms with Crippen LogP contribution in [0.5, 0.6) is 0 Å². The fraction of sp³-hybridized carbons (Fsp3) is 0.348. The van der Waals surface area contributed by atoms with Crippen LogP contribution in [0.1, 0.15) is 31.2 Å². The van der Waals surface area contributed by atoms with E-state index in [-0.39, 0.29) is 18.5 Å². The van der Waals surface area contributed by atoms with Gasteiger partial charge in [-0.1, -0.05) is 17.4 Å². The number of thiazole rings is 1. The van der Waals surface area contributed by atoms with Crippen LogP contribution in [-0.4, -0.2) is 44.5 Å². The summed E-state index contributed by atoms with van der Waals surface area (Å²) in [6.45, 7) is 2.05. The lowest BCUT2D eigenvalue weighted by atomic mass is 9.85. The summed E-state index contributed by atoms with van der Waals surface area (Å²) in [6.07, 6.45) is 6.01. The number of carboxylic acids is 1. The SMILES string of the molecule is Cc1ccnc(Nc2cccc(-c3cnc(N(CC(N)=O)[C@H]4CC[C@H](C(=O)O)CC4)s3)n2)c1. The molecule has 0 saturated heterocycles.